The van der Waals surface area contributed by atoms with Gasteiger partial charge in [-0.25, -0.2) is 17.6 Å². The number of hydrogen-bond donors (Lipinski definition) is 0. The molecule has 3 aliphatic carbocycles. The van der Waals surface area contributed by atoms with Crippen molar-refractivity contribution in [3.63, 3.8) is 0 Å². The average Bonchev–Trinajstić information content (AvgIpc) is 2.97. The zero-order valence-electron chi connectivity index (χ0n) is 23.0. The third-order valence-electron chi connectivity index (χ3n) is 9.59. The molecule has 2 aromatic rings. The molecule has 2 saturated carbocycles. The molecule has 1 nitrogen and oxygen atoms in total. The quantitative estimate of drug-likeness (QED) is 0.262. The smallest absolute Gasteiger partial charge is 0.167 e. The van der Waals surface area contributed by atoms with Gasteiger partial charge in [0, 0.05) is 24.2 Å². The minimum atomic E-state index is -1.67. The molecule has 0 heterocycles. The van der Waals surface area contributed by atoms with E-state index in [-0.39, 0.29) is 5.56 Å². The normalized spacial score (nSPS) is 31.8. The minimum Gasteiger partial charge on any atom is -0.378 e. The second kappa shape index (κ2) is 12.4. The molecule has 0 amide bonds. The standard InChI is InChI=1S/C34H40F4O/c1-3-4-21-5-7-22(8-6-21)23-9-11-24(12-10-23)27-17-18-28(32(36)31(27)35)25-13-15-26(16-14-25)29-19-20-30(39-2)34(38)33(29)37/h3-4,11,13-18,21-23,29-30,33-34H,5-10,12,19-20H2,1-2H3. The van der Waals surface area contributed by atoms with Gasteiger partial charge in [-0.15, -0.1) is 0 Å². The van der Waals surface area contributed by atoms with Crippen molar-refractivity contribution in [2.75, 3.05) is 7.11 Å². The first kappa shape index (κ1) is 28.1. The van der Waals surface area contributed by atoms with Crippen molar-refractivity contribution in [2.45, 2.75) is 89.1 Å². The summed E-state index contributed by atoms with van der Waals surface area (Å²) in [4.78, 5) is 0. The van der Waals surface area contributed by atoms with Gasteiger partial charge in [-0.1, -0.05) is 54.6 Å². The van der Waals surface area contributed by atoms with E-state index in [2.05, 4.69) is 25.2 Å². The number of rotatable bonds is 6. The maximum Gasteiger partial charge on any atom is 0.167 e. The van der Waals surface area contributed by atoms with Gasteiger partial charge >= 0.3 is 0 Å². The van der Waals surface area contributed by atoms with Crippen LogP contribution in [0.4, 0.5) is 17.6 Å². The van der Waals surface area contributed by atoms with Gasteiger partial charge < -0.3 is 4.74 Å². The molecule has 0 saturated heterocycles. The summed E-state index contributed by atoms with van der Waals surface area (Å²) in [5.41, 5.74) is 2.61. The van der Waals surface area contributed by atoms with E-state index in [4.69, 9.17) is 4.74 Å². The fraction of sp³-hybridized carbons (Fsp3) is 0.529. The maximum atomic E-state index is 15.3. The van der Waals surface area contributed by atoms with E-state index in [1.807, 2.05) is 0 Å². The monoisotopic (exact) mass is 540 g/mol. The zero-order chi connectivity index (χ0) is 27.5. The third kappa shape index (κ3) is 5.89. The van der Waals surface area contributed by atoms with Gasteiger partial charge in [0.15, 0.2) is 17.8 Å². The predicted molar refractivity (Wildman–Crippen MR) is 150 cm³/mol. The van der Waals surface area contributed by atoms with E-state index in [0.29, 0.717) is 41.4 Å². The summed E-state index contributed by atoms with van der Waals surface area (Å²) in [6.07, 6.45) is 11.2. The molecule has 0 aliphatic heterocycles. The van der Waals surface area contributed by atoms with Crippen LogP contribution < -0.4 is 0 Å². The molecule has 2 fully saturated rings. The van der Waals surface area contributed by atoms with Crippen molar-refractivity contribution in [3.05, 3.63) is 77.4 Å². The van der Waals surface area contributed by atoms with Gasteiger partial charge in [0.25, 0.3) is 0 Å². The lowest BCUT2D eigenvalue weighted by atomic mass is 9.71. The molecular weight excluding hydrogens is 500 g/mol. The number of allylic oxidation sites excluding steroid dienone is 4. The van der Waals surface area contributed by atoms with E-state index < -0.39 is 36.0 Å². The summed E-state index contributed by atoms with van der Waals surface area (Å²) in [6, 6.07) is 10.1. The minimum absolute atomic E-state index is 0.179. The largest absolute Gasteiger partial charge is 0.378 e. The van der Waals surface area contributed by atoms with Crippen LogP contribution in [0.15, 0.2) is 54.6 Å². The molecule has 5 unspecified atom stereocenters. The SMILES string of the molecule is CC=CC1CCC(C2CC=C(c3ccc(-c4ccc(C5CCC(OC)C(F)C5F)cc4)c(F)c3F)CC2)CC1. The highest BCUT2D eigenvalue weighted by atomic mass is 19.2. The number of alkyl halides is 2. The second-order valence-electron chi connectivity index (χ2n) is 11.7. The molecule has 5 atom stereocenters. The van der Waals surface area contributed by atoms with Gasteiger partial charge in [-0.05, 0) is 99.2 Å². The molecule has 0 aromatic heterocycles. The number of benzene rings is 2. The summed E-state index contributed by atoms with van der Waals surface area (Å²) >= 11 is 0. The first-order chi connectivity index (χ1) is 18.9. The Morgan fingerprint density at radius 2 is 1.46 bits per heavy atom. The first-order valence-electron chi connectivity index (χ1n) is 14.6. The van der Waals surface area contributed by atoms with E-state index in [9.17, 15) is 8.78 Å². The molecule has 5 rings (SSSR count). The lowest BCUT2D eigenvalue weighted by Crippen LogP contribution is -2.41. The summed E-state index contributed by atoms with van der Waals surface area (Å²) in [5, 5.41) is 0. The zero-order valence-corrected chi connectivity index (χ0v) is 23.0. The molecule has 0 spiro atoms. The Labute approximate surface area is 230 Å². The Morgan fingerprint density at radius 1 is 0.769 bits per heavy atom. The topological polar surface area (TPSA) is 9.23 Å². The van der Waals surface area contributed by atoms with E-state index in [1.165, 1.54) is 32.8 Å². The van der Waals surface area contributed by atoms with Crippen molar-refractivity contribution in [1.82, 2.24) is 0 Å². The van der Waals surface area contributed by atoms with Crippen molar-refractivity contribution >= 4 is 5.57 Å². The lowest BCUT2D eigenvalue weighted by Gasteiger charge is -2.35. The number of hydrogen-bond acceptors (Lipinski definition) is 1. The summed E-state index contributed by atoms with van der Waals surface area (Å²) in [6.45, 7) is 2.09. The Bertz CT molecular complexity index is 1180. The second-order valence-corrected chi connectivity index (χ2v) is 11.7. The van der Waals surface area contributed by atoms with Gasteiger partial charge in [-0.3, -0.25) is 0 Å². The van der Waals surface area contributed by atoms with Crippen LogP contribution in [0.5, 0.6) is 0 Å². The number of halogens is 4. The van der Waals surface area contributed by atoms with E-state index in [1.54, 1.807) is 36.4 Å². The molecule has 2 aromatic carbocycles. The van der Waals surface area contributed by atoms with Crippen molar-refractivity contribution < 1.29 is 22.3 Å². The molecule has 0 radical (unpaired) electrons. The van der Waals surface area contributed by atoms with Crippen LogP contribution >= 0.6 is 0 Å². The highest BCUT2D eigenvalue weighted by molar-refractivity contribution is 5.72. The van der Waals surface area contributed by atoms with E-state index in [0.717, 1.165) is 30.8 Å². The molecule has 3 aliphatic rings. The molecule has 0 N–H and O–H groups in total. The average molecular weight is 541 g/mol. The maximum absolute atomic E-state index is 15.3. The van der Waals surface area contributed by atoms with Crippen LogP contribution in [-0.2, 0) is 4.74 Å². The van der Waals surface area contributed by atoms with Crippen LogP contribution in [0.2, 0.25) is 0 Å². The summed E-state index contributed by atoms with van der Waals surface area (Å²) in [5.74, 6) is -0.170. The van der Waals surface area contributed by atoms with Gasteiger partial charge in [-0.2, -0.15) is 0 Å². The predicted octanol–water partition coefficient (Wildman–Crippen LogP) is 9.77. The molecule has 5 heteroatoms. The number of ether oxygens (including phenoxy) is 1. The Morgan fingerprint density at radius 3 is 2.10 bits per heavy atom. The van der Waals surface area contributed by atoms with Crippen LogP contribution in [0, 0.1) is 29.4 Å². The summed E-state index contributed by atoms with van der Waals surface area (Å²) in [7, 11) is 1.40. The molecular formula is C34H40F4O. The van der Waals surface area contributed by atoms with Crippen molar-refractivity contribution in [3.8, 4) is 11.1 Å². The molecule has 0 bridgehead atoms. The van der Waals surface area contributed by atoms with Gasteiger partial charge in [0.05, 0.1) is 6.10 Å². The van der Waals surface area contributed by atoms with Crippen molar-refractivity contribution in [2.24, 2.45) is 17.8 Å². The Kier molecular flexibility index (Phi) is 8.96. The van der Waals surface area contributed by atoms with Crippen LogP contribution in [0.1, 0.15) is 81.8 Å². The molecule has 39 heavy (non-hydrogen) atoms. The van der Waals surface area contributed by atoms with Gasteiger partial charge in [0.1, 0.15) is 6.17 Å². The first-order valence-corrected chi connectivity index (χ1v) is 14.6. The summed E-state index contributed by atoms with van der Waals surface area (Å²) < 4.78 is 64.8. The molecule has 210 valence electrons. The Hall–Kier alpha value is -2.40. The van der Waals surface area contributed by atoms with Crippen LogP contribution in [0.25, 0.3) is 16.7 Å². The Balaban J connectivity index is 1.26. The van der Waals surface area contributed by atoms with Crippen LogP contribution in [0.3, 0.4) is 0 Å². The fourth-order valence-corrected chi connectivity index (χ4v) is 7.23. The van der Waals surface area contributed by atoms with Crippen LogP contribution in [-0.4, -0.2) is 25.6 Å². The highest BCUT2D eigenvalue weighted by Crippen LogP contribution is 2.43. The third-order valence-corrected chi connectivity index (χ3v) is 9.59. The lowest BCUT2D eigenvalue weighted by molar-refractivity contribution is -0.0414. The van der Waals surface area contributed by atoms with Gasteiger partial charge in [0.2, 0.25) is 0 Å². The highest BCUT2D eigenvalue weighted by Gasteiger charge is 2.41. The fourth-order valence-electron chi connectivity index (χ4n) is 7.23. The number of methoxy groups -OCH3 is 1. The van der Waals surface area contributed by atoms with Crippen molar-refractivity contribution in [1.29, 1.82) is 0 Å². The van der Waals surface area contributed by atoms with E-state index >= 15 is 8.78 Å².